The van der Waals surface area contributed by atoms with Crippen molar-refractivity contribution in [3.63, 3.8) is 0 Å². The molecule has 5 heteroatoms. The van der Waals surface area contributed by atoms with Crippen LogP contribution in [0.2, 0.25) is 0 Å². The fraction of sp³-hybridized carbons (Fsp3) is 0.538. The fourth-order valence-electron chi connectivity index (χ4n) is 2.44. The first kappa shape index (κ1) is 13.9. The largest absolute Gasteiger partial charge is 0.370 e. The van der Waals surface area contributed by atoms with Crippen molar-refractivity contribution in [2.24, 2.45) is 0 Å². The van der Waals surface area contributed by atoms with Gasteiger partial charge in [0, 0.05) is 24.1 Å². The molecule has 3 nitrogen and oxygen atoms in total. The molecule has 1 aliphatic rings. The molecule has 0 aliphatic carbocycles. The summed E-state index contributed by atoms with van der Waals surface area (Å²) >= 11 is 3.50. The number of nitrogens with zero attached hydrogens (tertiary/aromatic N) is 1. The Morgan fingerprint density at radius 3 is 2.72 bits per heavy atom. The van der Waals surface area contributed by atoms with E-state index >= 15 is 0 Å². The predicted molar refractivity (Wildman–Crippen MR) is 79.3 cm³/mol. The molecule has 0 aromatic heterocycles. The van der Waals surface area contributed by atoms with Crippen LogP contribution in [0.1, 0.15) is 17.5 Å². The van der Waals surface area contributed by atoms with Crippen LogP contribution in [0.5, 0.6) is 0 Å². The lowest BCUT2D eigenvalue weighted by Gasteiger charge is -2.27. The fourth-order valence-corrected chi connectivity index (χ4v) is 4.67. The number of benzene rings is 1. The zero-order valence-corrected chi connectivity index (χ0v) is 13.1. The Balaban J connectivity index is 2.26. The van der Waals surface area contributed by atoms with Crippen molar-refractivity contribution in [1.29, 1.82) is 0 Å². The van der Waals surface area contributed by atoms with E-state index in [-0.39, 0.29) is 11.8 Å². The minimum absolute atomic E-state index is 0.107. The Bertz CT molecular complexity index is 542. The molecule has 0 saturated carbocycles. The van der Waals surface area contributed by atoms with Crippen LogP contribution in [0.15, 0.2) is 18.2 Å². The molecule has 100 valence electrons. The highest BCUT2D eigenvalue weighted by molar-refractivity contribution is 9.08. The molecule has 0 amide bonds. The normalized spacial score (nSPS) is 22.1. The van der Waals surface area contributed by atoms with Gasteiger partial charge in [0.05, 0.1) is 11.5 Å². The molecule has 0 N–H and O–H groups in total. The van der Waals surface area contributed by atoms with E-state index in [2.05, 4.69) is 46.0 Å². The van der Waals surface area contributed by atoms with E-state index in [1.54, 1.807) is 0 Å². The number of halogens is 1. The molecule has 1 saturated heterocycles. The smallest absolute Gasteiger partial charge is 0.152 e. The number of hydrogen-bond donors (Lipinski definition) is 0. The number of alkyl halides is 1. The average molecular weight is 332 g/mol. The molecule has 1 atom stereocenters. The van der Waals surface area contributed by atoms with Crippen LogP contribution in [0.4, 0.5) is 5.69 Å². The Morgan fingerprint density at radius 2 is 2.17 bits per heavy atom. The van der Waals surface area contributed by atoms with Crippen molar-refractivity contribution in [3.8, 4) is 0 Å². The van der Waals surface area contributed by atoms with Crippen molar-refractivity contribution in [2.45, 2.75) is 24.7 Å². The van der Waals surface area contributed by atoms with E-state index in [0.29, 0.717) is 5.75 Å². The van der Waals surface area contributed by atoms with Crippen LogP contribution in [-0.2, 0) is 15.2 Å². The predicted octanol–water partition coefficient (Wildman–Crippen LogP) is 2.51. The highest BCUT2D eigenvalue weighted by Crippen LogP contribution is 2.28. The molecule has 1 fully saturated rings. The number of aryl methyl sites for hydroxylation is 1. The summed E-state index contributed by atoms with van der Waals surface area (Å²) in [6, 6.07) is 6.40. The highest BCUT2D eigenvalue weighted by atomic mass is 79.9. The van der Waals surface area contributed by atoms with Gasteiger partial charge >= 0.3 is 0 Å². The summed E-state index contributed by atoms with van der Waals surface area (Å²) in [7, 11) is -0.841. The number of hydrogen-bond acceptors (Lipinski definition) is 3. The third-order valence-corrected chi connectivity index (χ3v) is 5.87. The van der Waals surface area contributed by atoms with Crippen LogP contribution in [0.3, 0.4) is 0 Å². The summed E-state index contributed by atoms with van der Waals surface area (Å²) < 4.78 is 23.1. The third-order valence-electron chi connectivity index (χ3n) is 3.52. The molecule has 1 heterocycles. The average Bonchev–Trinajstić information content (AvgIpc) is 2.68. The van der Waals surface area contributed by atoms with Gasteiger partial charge in [-0.15, -0.1) is 0 Å². The zero-order chi connectivity index (χ0) is 13.3. The van der Waals surface area contributed by atoms with Gasteiger partial charge in [-0.2, -0.15) is 0 Å². The van der Waals surface area contributed by atoms with Gasteiger partial charge in [0.2, 0.25) is 0 Å². The second-order valence-electron chi connectivity index (χ2n) is 4.93. The summed E-state index contributed by atoms with van der Waals surface area (Å²) in [5.41, 5.74) is 3.56. The first-order valence-electron chi connectivity index (χ1n) is 6.02. The van der Waals surface area contributed by atoms with Gasteiger partial charge in [0.1, 0.15) is 0 Å². The molecule has 1 aliphatic heterocycles. The van der Waals surface area contributed by atoms with E-state index in [1.165, 1.54) is 11.1 Å². The quantitative estimate of drug-likeness (QED) is 0.798. The first-order valence-corrected chi connectivity index (χ1v) is 8.96. The topological polar surface area (TPSA) is 37.4 Å². The van der Waals surface area contributed by atoms with Gasteiger partial charge in [0.15, 0.2) is 9.84 Å². The first-order chi connectivity index (χ1) is 8.43. The van der Waals surface area contributed by atoms with Gasteiger partial charge < -0.3 is 4.90 Å². The van der Waals surface area contributed by atoms with Gasteiger partial charge in [-0.05, 0) is 25.0 Å². The van der Waals surface area contributed by atoms with E-state index in [9.17, 15) is 8.42 Å². The summed E-state index contributed by atoms with van der Waals surface area (Å²) in [5.74, 6) is 0.594. The molecule has 0 radical (unpaired) electrons. The number of anilines is 1. The molecule has 0 bridgehead atoms. The van der Waals surface area contributed by atoms with Crippen molar-refractivity contribution < 1.29 is 8.42 Å². The maximum Gasteiger partial charge on any atom is 0.152 e. The minimum Gasteiger partial charge on any atom is -0.370 e. The molecular formula is C13H18BrNO2S. The van der Waals surface area contributed by atoms with Gasteiger partial charge in [0.25, 0.3) is 0 Å². The lowest BCUT2D eigenvalue weighted by molar-refractivity contribution is 0.601. The molecule has 18 heavy (non-hydrogen) atoms. The van der Waals surface area contributed by atoms with Crippen LogP contribution in [0, 0.1) is 6.92 Å². The van der Waals surface area contributed by atoms with E-state index in [1.807, 2.05) is 7.05 Å². The van der Waals surface area contributed by atoms with Crippen LogP contribution < -0.4 is 4.90 Å². The molecule has 1 aromatic carbocycles. The minimum atomic E-state index is -2.83. The second kappa shape index (κ2) is 5.21. The van der Waals surface area contributed by atoms with E-state index in [0.717, 1.165) is 17.4 Å². The van der Waals surface area contributed by atoms with Gasteiger partial charge in [-0.3, -0.25) is 0 Å². The Morgan fingerprint density at radius 1 is 1.44 bits per heavy atom. The van der Waals surface area contributed by atoms with Gasteiger partial charge in [-0.25, -0.2) is 8.42 Å². The van der Waals surface area contributed by atoms with E-state index in [4.69, 9.17) is 0 Å². The van der Waals surface area contributed by atoms with Crippen molar-refractivity contribution in [3.05, 3.63) is 29.3 Å². The SMILES string of the molecule is Cc1ccc(N(C)C2CCS(=O)(=O)C2)c(CBr)c1. The van der Waals surface area contributed by atoms with Crippen molar-refractivity contribution in [2.75, 3.05) is 23.5 Å². The third kappa shape index (κ3) is 2.88. The monoisotopic (exact) mass is 331 g/mol. The van der Waals surface area contributed by atoms with Crippen molar-refractivity contribution >= 4 is 31.5 Å². The van der Waals surface area contributed by atoms with Crippen LogP contribution in [0.25, 0.3) is 0 Å². The number of sulfone groups is 1. The molecule has 1 aromatic rings. The summed E-state index contributed by atoms with van der Waals surface area (Å²) in [5, 5.41) is 0.786. The lowest BCUT2D eigenvalue weighted by atomic mass is 10.1. The lowest BCUT2D eigenvalue weighted by Crippen LogP contribution is -2.33. The summed E-state index contributed by atoms with van der Waals surface area (Å²) in [6.45, 7) is 2.07. The number of rotatable bonds is 3. The highest BCUT2D eigenvalue weighted by Gasteiger charge is 2.31. The molecule has 0 spiro atoms. The van der Waals surface area contributed by atoms with Crippen LogP contribution in [-0.4, -0.2) is 33.0 Å². The standard InChI is InChI=1S/C13H18BrNO2S/c1-10-3-4-13(11(7-10)8-14)15(2)12-5-6-18(16,17)9-12/h3-4,7,12H,5-6,8-9H2,1-2H3. The van der Waals surface area contributed by atoms with Crippen molar-refractivity contribution in [1.82, 2.24) is 0 Å². The summed E-state index contributed by atoms with van der Waals surface area (Å²) in [6.07, 6.45) is 0.731. The Labute approximate surface area is 117 Å². The Hall–Kier alpha value is -0.550. The molecular weight excluding hydrogens is 314 g/mol. The van der Waals surface area contributed by atoms with Gasteiger partial charge in [-0.1, -0.05) is 33.6 Å². The van der Waals surface area contributed by atoms with Crippen LogP contribution >= 0.6 is 15.9 Å². The molecule has 1 unspecified atom stereocenters. The second-order valence-corrected chi connectivity index (χ2v) is 7.72. The maximum atomic E-state index is 11.5. The summed E-state index contributed by atoms with van der Waals surface area (Å²) in [4.78, 5) is 2.11. The zero-order valence-electron chi connectivity index (χ0n) is 10.7. The maximum absolute atomic E-state index is 11.5. The van der Waals surface area contributed by atoms with E-state index < -0.39 is 9.84 Å². The Kier molecular flexibility index (Phi) is 4.02. The molecule has 2 rings (SSSR count).